The van der Waals surface area contributed by atoms with Crippen molar-refractivity contribution >= 4 is 5.91 Å². The van der Waals surface area contributed by atoms with Gasteiger partial charge < -0.3 is 11.1 Å². The van der Waals surface area contributed by atoms with Crippen molar-refractivity contribution in [3.63, 3.8) is 0 Å². The first-order chi connectivity index (χ1) is 7.98. The quantitative estimate of drug-likeness (QED) is 0.823. The molecule has 3 nitrogen and oxygen atoms in total. The average molecular weight is 242 g/mol. The van der Waals surface area contributed by atoms with Gasteiger partial charge in [-0.15, -0.1) is 0 Å². The molecule has 0 aromatic heterocycles. The Kier molecular flexibility index (Phi) is 4.57. The second-order valence-corrected chi connectivity index (χ2v) is 3.79. The maximum absolute atomic E-state index is 12.8. The lowest BCUT2D eigenvalue weighted by molar-refractivity contribution is 0.0118. The van der Waals surface area contributed by atoms with Gasteiger partial charge in [-0.2, -0.15) is 0 Å². The molecule has 17 heavy (non-hydrogen) atoms. The maximum Gasteiger partial charge on any atom is 0.277 e. The van der Waals surface area contributed by atoms with Gasteiger partial charge in [0.1, 0.15) is 0 Å². The van der Waals surface area contributed by atoms with Crippen LogP contribution in [-0.2, 0) is 6.42 Å². The second kappa shape index (κ2) is 5.72. The smallest absolute Gasteiger partial charge is 0.277 e. The number of nitrogens with one attached hydrogen (secondary N) is 1. The summed E-state index contributed by atoms with van der Waals surface area (Å²) in [6, 6.07) is 6.84. The van der Waals surface area contributed by atoms with Crippen molar-refractivity contribution in [2.75, 3.05) is 13.1 Å². The minimum atomic E-state index is -3.06. The molecule has 5 heteroatoms. The Morgan fingerprint density at radius 2 is 1.94 bits per heavy atom. The molecule has 1 amide bonds. The van der Waals surface area contributed by atoms with Crippen LogP contribution in [-0.4, -0.2) is 24.9 Å². The second-order valence-electron chi connectivity index (χ2n) is 3.79. The third kappa shape index (κ3) is 4.11. The molecule has 0 spiro atoms. The molecule has 0 aliphatic carbocycles. The number of hydrogen-bond donors (Lipinski definition) is 2. The van der Waals surface area contributed by atoms with Crippen LogP contribution in [0.2, 0.25) is 0 Å². The molecule has 0 unspecified atom stereocenters. The molecule has 0 atom stereocenters. The van der Waals surface area contributed by atoms with Crippen molar-refractivity contribution in [3.8, 4) is 0 Å². The van der Waals surface area contributed by atoms with E-state index in [1.54, 1.807) is 24.3 Å². The Morgan fingerprint density at radius 3 is 2.41 bits per heavy atom. The Morgan fingerprint density at radius 1 is 1.35 bits per heavy atom. The van der Waals surface area contributed by atoms with Crippen molar-refractivity contribution < 1.29 is 13.6 Å². The summed E-state index contributed by atoms with van der Waals surface area (Å²) < 4.78 is 25.6. The number of rotatable bonds is 5. The highest BCUT2D eigenvalue weighted by molar-refractivity contribution is 5.94. The van der Waals surface area contributed by atoms with Crippen LogP contribution in [0.5, 0.6) is 0 Å². The van der Waals surface area contributed by atoms with Crippen molar-refractivity contribution in [2.24, 2.45) is 5.73 Å². The number of aryl methyl sites for hydroxylation is 1. The minimum absolute atomic E-state index is 0.370. The predicted molar refractivity (Wildman–Crippen MR) is 62.2 cm³/mol. The van der Waals surface area contributed by atoms with E-state index in [9.17, 15) is 13.6 Å². The van der Waals surface area contributed by atoms with E-state index < -0.39 is 24.9 Å². The predicted octanol–water partition coefficient (Wildman–Crippen LogP) is 1.57. The molecular formula is C12H16F2N2O. The number of carbonyl (C=O) groups is 1. The van der Waals surface area contributed by atoms with Gasteiger partial charge in [-0.1, -0.05) is 19.1 Å². The Labute approximate surface area is 99.0 Å². The number of carbonyl (C=O) groups excluding carboxylic acids is 1. The fourth-order valence-electron chi connectivity index (χ4n) is 1.28. The molecule has 0 heterocycles. The monoisotopic (exact) mass is 242 g/mol. The van der Waals surface area contributed by atoms with Crippen LogP contribution in [0.15, 0.2) is 24.3 Å². The minimum Gasteiger partial charge on any atom is -0.346 e. The standard InChI is InChI=1S/C12H16F2N2O/c1-2-9-3-5-10(6-4-9)11(17)16-8-12(13,14)7-15/h3-6H,2,7-8,15H2,1H3,(H,16,17). The van der Waals surface area contributed by atoms with Crippen molar-refractivity contribution in [1.29, 1.82) is 0 Å². The zero-order valence-electron chi connectivity index (χ0n) is 9.67. The first-order valence-corrected chi connectivity index (χ1v) is 5.43. The summed E-state index contributed by atoms with van der Waals surface area (Å²) >= 11 is 0. The van der Waals surface area contributed by atoms with E-state index >= 15 is 0 Å². The molecule has 0 saturated carbocycles. The summed E-state index contributed by atoms with van der Waals surface area (Å²) in [5, 5.41) is 2.16. The van der Waals surface area contributed by atoms with Gasteiger partial charge in [0.25, 0.3) is 11.8 Å². The number of amides is 1. The molecule has 3 N–H and O–H groups in total. The molecule has 1 aromatic rings. The lowest BCUT2D eigenvalue weighted by Crippen LogP contribution is -2.41. The Balaban J connectivity index is 2.58. The number of halogens is 2. The van der Waals surface area contributed by atoms with Crippen LogP contribution in [0.3, 0.4) is 0 Å². The molecule has 1 aromatic carbocycles. The lowest BCUT2D eigenvalue weighted by atomic mass is 10.1. The van der Waals surface area contributed by atoms with Gasteiger partial charge in [0.15, 0.2) is 0 Å². The summed E-state index contributed by atoms with van der Waals surface area (Å²) in [4.78, 5) is 11.5. The number of nitrogens with two attached hydrogens (primary N) is 1. The van der Waals surface area contributed by atoms with Gasteiger partial charge in [-0.25, -0.2) is 8.78 Å². The lowest BCUT2D eigenvalue weighted by Gasteiger charge is -2.14. The molecule has 94 valence electrons. The van der Waals surface area contributed by atoms with Gasteiger partial charge in [0.05, 0.1) is 13.1 Å². The normalized spacial score (nSPS) is 11.3. The SMILES string of the molecule is CCc1ccc(C(=O)NCC(F)(F)CN)cc1. The Bertz CT molecular complexity index is 377. The van der Waals surface area contributed by atoms with E-state index in [0.29, 0.717) is 5.56 Å². The van der Waals surface area contributed by atoms with Gasteiger partial charge in [-0.3, -0.25) is 4.79 Å². The van der Waals surface area contributed by atoms with E-state index in [4.69, 9.17) is 5.73 Å². The fraction of sp³-hybridized carbons (Fsp3) is 0.417. The largest absolute Gasteiger partial charge is 0.346 e. The first-order valence-electron chi connectivity index (χ1n) is 5.43. The Hall–Kier alpha value is -1.49. The summed E-state index contributed by atoms with van der Waals surface area (Å²) in [5.41, 5.74) is 6.33. The van der Waals surface area contributed by atoms with Crippen molar-refractivity contribution in [2.45, 2.75) is 19.3 Å². The van der Waals surface area contributed by atoms with Crippen LogP contribution in [0.1, 0.15) is 22.8 Å². The molecule has 0 saturated heterocycles. The van der Waals surface area contributed by atoms with E-state index in [1.807, 2.05) is 6.92 Å². The van der Waals surface area contributed by atoms with Gasteiger partial charge in [-0.05, 0) is 24.1 Å². The molecule has 1 rings (SSSR count). The summed E-state index contributed by atoms with van der Waals surface area (Å²) in [5.74, 6) is -3.57. The molecule has 0 aliphatic heterocycles. The van der Waals surface area contributed by atoms with Crippen LogP contribution >= 0.6 is 0 Å². The molecular weight excluding hydrogens is 226 g/mol. The van der Waals surface area contributed by atoms with Crippen LogP contribution in [0.4, 0.5) is 8.78 Å². The average Bonchev–Trinajstić information content (AvgIpc) is 2.36. The first kappa shape index (κ1) is 13.6. The number of hydrogen-bond acceptors (Lipinski definition) is 2. The topological polar surface area (TPSA) is 55.1 Å². The zero-order valence-corrected chi connectivity index (χ0v) is 9.67. The van der Waals surface area contributed by atoms with Crippen molar-refractivity contribution in [1.82, 2.24) is 5.32 Å². The molecule has 0 fully saturated rings. The van der Waals surface area contributed by atoms with E-state index in [1.165, 1.54) is 0 Å². The van der Waals surface area contributed by atoms with Crippen LogP contribution in [0, 0.1) is 0 Å². The maximum atomic E-state index is 12.8. The van der Waals surface area contributed by atoms with E-state index in [2.05, 4.69) is 5.32 Å². The number of benzene rings is 1. The fourth-order valence-corrected chi connectivity index (χ4v) is 1.28. The third-order valence-electron chi connectivity index (χ3n) is 2.43. The van der Waals surface area contributed by atoms with Gasteiger partial charge in [0.2, 0.25) is 0 Å². The van der Waals surface area contributed by atoms with Gasteiger partial charge >= 0.3 is 0 Å². The molecule has 0 bridgehead atoms. The summed E-state index contributed by atoms with van der Waals surface area (Å²) in [6.07, 6.45) is 0.868. The van der Waals surface area contributed by atoms with Crippen molar-refractivity contribution in [3.05, 3.63) is 35.4 Å². The summed E-state index contributed by atoms with van der Waals surface area (Å²) in [6.45, 7) is 0.483. The molecule has 0 radical (unpaired) electrons. The molecule has 0 aliphatic rings. The van der Waals surface area contributed by atoms with Crippen LogP contribution < -0.4 is 11.1 Å². The third-order valence-corrected chi connectivity index (χ3v) is 2.43. The zero-order chi connectivity index (χ0) is 12.9. The highest BCUT2D eigenvalue weighted by Crippen LogP contribution is 2.10. The summed E-state index contributed by atoms with van der Waals surface area (Å²) in [7, 11) is 0. The van der Waals surface area contributed by atoms with E-state index in [-0.39, 0.29) is 0 Å². The highest BCUT2D eigenvalue weighted by atomic mass is 19.3. The van der Waals surface area contributed by atoms with Crippen LogP contribution in [0.25, 0.3) is 0 Å². The highest BCUT2D eigenvalue weighted by Gasteiger charge is 2.27. The number of alkyl halides is 2. The van der Waals surface area contributed by atoms with E-state index in [0.717, 1.165) is 12.0 Å². The van der Waals surface area contributed by atoms with Gasteiger partial charge in [0, 0.05) is 5.56 Å².